The Labute approximate surface area is 165 Å². The Morgan fingerprint density at radius 1 is 1.19 bits per heavy atom. The number of H-pyrrole nitrogens is 1. The second-order valence-electron chi connectivity index (χ2n) is 8.04. The quantitative estimate of drug-likeness (QED) is 0.776. The topological polar surface area (TPSA) is 61.0 Å². The third-order valence-corrected chi connectivity index (χ3v) is 6.21. The molecule has 1 amide bonds. The van der Waals surface area contributed by atoms with Gasteiger partial charge in [0.15, 0.2) is 0 Å². The molecule has 0 bridgehead atoms. The van der Waals surface area contributed by atoms with Gasteiger partial charge < -0.3 is 10.2 Å². The molecule has 144 valence electrons. The second-order valence-corrected chi connectivity index (χ2v) is 8.47. The predicted octanol–water partition coefficient (Wildman–Crippen LogP) is 3.12. The second kappa shape index (κ2) is 7.64. The van der Waals surface area contributed by atoms with Gasteiger partial charge in [0.2, 0.25) is 5.91 Å². The standard InChI is InChI=1S/C21H27ClN4O/c1-26(12-19-17-5-3-2-4-6-18(17)24-25-19)20(27)21(13-23-14-21)11-15-7-9-16(22)10-8-15/h7-10,23H,2-6,11-14H2,1H3,(H,24,25). The molecule has 27 heavy (non-hydrogen) atoms. The van der Waals surface area contributed by atoms with Crippen LogP contribution < -0.4 is 5.32 Å². The molecule has 0 unspecified atom stereocenters. The van der Waals surface area contributed by atoms with Gasteiger partial charge in [-0.2, -0.15) is 5.10 Å². The number of aryl methyl sites for hydroxylation is 1. The van der Waals surface area contributed by atoms with Gasteiger partial charge in [-0.15, -0.1) is 0 Å². The van der Waals surface area contributed by atoms with Crippen LogP contribution in [0.2, 0.25) is 5.02 Å². The number of carbonyl (C=O) groups is 1. The number of amides is 1. The molecular weight excluding hydrogens is 360 g/mol. The van der Waals surface area contributed by atoms with Crippen molar-refractivity contribution in [1.29, 1.82) is 0 Å². The van der Waals surface area contributed by atoms with Crippen molar-refractivity contribution in [3.8, 4) is 0 Å². The van der Waals surface area contributed by atoms with E-state index >= 15 is 0 Å². The van der Waals surface area contributed by atoms with Gasteiger partial charge in [0.1, 0.15) is 0 Å². The van der Waals surface area contributed by atoms with Crippen LogP contribution in [0.5, 0.6) is 0 Å². The summed E-state index contributed by atoms with van der Waals surface area (Å²) in [5.74, 6) is 0.196. The summed E-state index contributed by atoms with van der Waals surface area (Å²) in [5.41, 5.74) is 4.43. The molecule has 6 heteroatoms. The van der Waals surface area contributed by atoms with Crippen LogP contribution in [-0.4, -0.2) is 41.1 Å². The molecule has 4 rings (SSSR count). The van der Waals surface area contributed by atoms with E-state index < -0.39 is 0 Å². The van der Waals surface area contributed by atoms with Crippen molar-refractivity contribution in [3.63, 3.8) is 0 Å². The largest absolute Gasteiger partial charge is 0.339 e. The molecule has 0 spiro atoms. The maximum Gasteiger partial charge on any atom is 0.231 e. The van der Waals surface area contributed by atoms with Crippen molar-refractivity contribution in [2.45, 2.75) is 45.1 Å². The molecule has 1 aliphatic heterocycles. The van der Waals surface area contributed by atoms with Gasteiger partial charge in [0.05, 0.1) is 17.7 Å². The summed E-state index contributed by atoms with van der Waals surface area (Å²) in [5, 5.41) is 11.8. The smallest absolute Gasteiger partial charge is 0.231 e. The van der Waals surface area contributed by atoms with Crippen molar-refractivity contribution >= 4 is 17.5 Å². The Bertz CT molecular complexity index is 810. The summed E-state index contributed by atoms with van der Waals surface area (Å²) in [6, 6.07) is 7.82. The Hall–Kier alpha value is -1.85. The number of rotatable bonds is 5. The highest BCUT2D eigenvalue weighted by atomic mass is 35.5. The first kappa shape index (κ1) is 18.5. The van der Waals surface area contributed by atoms with Gasteiger partial charge in [0, 0.05) is 30.9 Å². The molecule has 2 aliphatic rings. The SMILES string of the molecule is CN(Cc1n[nH]c2c1CCCCC2)C(=O)C1(Cc2ccc(Cl)cc2)CNC1. The Kier molecular flexibility index (Phi) is 5.24. The van der Waals surface area contributed by atoms with Crippen molar-refractivity contribution in [3.05, 3.63) is 51.8 Å². The fourth-order valence-corrected chi connectivity index (χ4v) is 4.46. The van der Waals surface area contributed by atoms with Gasteiger partial charge in [-0.1, -0.05) is 30.2 Å². The molecule has 1 aromatic carbocycles. The lowest BCUT2D eigenvalue weighted by atomic mass is 9.75. The van der Waals surface area contributed by atoms with E-state index in [2.05, 4.69) is 15.5 Å². The average molecular weight is 387 g/mol. The van der Waals surface area contributed by atoms with E-state index in [9.17, 15) is 4.79 Å². The molecule has 0 saturated carbocycles. The van der Waals surface area contributed by atoms with E-state index in [0.717, 1.165) is 48.6 Å². The highest BCUT2D eigenvalue weighted by Crippen LogP contribution is 2.31. The van der Waals surface area contributed by atoms with E-state index in [1.807, 2.05) is 36.2 Å². The average Bonchev–Trinajstić information content (AvgIpc) is 2.86. The number of hydrogen-bond acceptors (Lipinski definition) is 3. The first-order valence-electron chi connectivity index (χ1n) is 9.83. The molecule has 2 N–H and O–H groups in total. The number of carbonyl (C=O) groups excluding carboxylic acids is 1. The maximum absolute atomic E-state index is 13.3. The number of nitrogens with one attached hydrogen (secondary N) is 2. The molecule has 0 atom stereocenters. The number of benzene rings is 1. The van der Waals surface area contributed by atoms with Crippen LogP contribution in [0.3, 0.4) is 0 Å². The molecule has 0 radical (unpaired) electrons. The van der Waals surface area contributed by atoms with E-state index in [1.165, 1.54) is 30.5 Å². The molecule has 2 heterocycles. The zero-order chi connectivity index (χ0) is 18.9. The first-order valence-corrected chi connectivity index (χ1v) is 10.2. The van der Waals surface area contributed by atoms with Gasteiger partial charge in [-0.25, -0.2) is 0 Å². The fraction of sp³-hybridized carbons (Fsp3) is 0.524. The number of hydrogen-bond donors (Lipinski definition) is 2. The molecule has 1 fully saturated rings. The predicted molar refractivity (Wildman–Crippen MR) is 107 cm³/mol. The highest BCUT2D eigenvalue weighted by molar-refractivity contribution is 6.30. The lowest BCUT2D eigenvalue weighted by Gasteiger charge is -2.43. The van der Waals surface area contributed by atoms with E-state index in [0.29, 0.717) is 6.54 Å². The number of aromatic nitrogens is 2. The van der Waals surface area contributed by atoms with E-state index in [-0.39, 0.29) is 11.3 Å². The lowest BCUT2D eigenvalue weighted by Crippen LogP contribution is -2.62. The van der Waals surface area contributed by atoms with E-state index in [1.54, 1.807) is 0 Å². The minimum Gasteiger partial charge on any atom is -0.339 e. The molecule has 1 aliphatic carbocycles. The lowest BCUT2D eigenvalue weighted by molar-refractivity contribution is -0.144. The Morgan fingerprint density at radius 2 is 1.93 bits per heavy atom. The van der Waals surface area contributed by atoms with E-state index in [4.69, 9.17) is 11.6 Å². The van der Waals surface area contributed by atoms with Crippen LogP contribution in [-0.2, 0) is 30.6 Å². The van der Waals surface area contributed by atoms with Crippen molar-refractivity contribution in [2.75, 3.05) is 20.1 Å². The van der Waals surface area contributed by atoms with Crippen LogP contribution in [0.25, 0.3) is 0 Å². The zero-order valence-electron chi connectivity index (χ0n) is 15.9. The normalized spacial score (nSPS) is 18.3. The van der Waals surface area contributed by atoms with Crippen LogP contribution in [0.4, 0.5) is 0 Å². The number of aromatic amines is 1. The number of nitrogens with zero attached hydrogens (tertiary/aromatic N) is 2. The fourth-order valence-electron chi connectivity index (χ4n) is 4.33. The van der Waals surface area contributed by atoms with Crippen molar-refractivity contribution in [1.82, 2.24) is 20.4 Å². The van der Waals surface area contributed by atoms with Gasteiger partial charge in [-0.3, -0.25) is 9.89 Å². The van der Waals surface area contributed by atoms with Crippen LogP contribution in [0.1, 0.15) is 41.8 Å². The summed E-state index contributed by atoms with van der Waals surface area (Å²) >= 11 is 6.00. The monoisotopic (exact) mass is 386 g/mol. The molecule has 5 nitrogen and oxygen atoms in total. The van der Waals surface area contributed by atoms with Crippen molar-refractivity contribution in [2.24, 2.45) is 5.41 Å². The zero-order valence-corrected chi connectivity index (χ0v) is 16.6. The van der Waals surface area contributed by atoms with Crippen LogP contribution in [0.15, 0.2) is 24.3 Å². The third kappa shape index (κ3) is 3.76. The molecule has 2 aromatic rings. The summed E-state index contributed by atoms with van der Waals surface area (Å²) in [6.07, 6.45) is 6.58. The Balaban J connectivity index is 1.48. The van der Waals surface area contributed by atoms with Gasteiger partial charge in [0.25, 0.3) is 0 Å². The minimum atomic E-state index is -0.365. The maximum atomic E-state index is 13.3. The summed E-state index contributed by atoms with van der Waals surface area (Å²) < 4.78 is 0. The van der Waals surface area contributed by atoms with Crippen molar-refractivity contribution < 1.29 is 4.79 Å². The summed E-state index contributed by atoms with van der Waals surface area (Å²) in [7, 11) is 1.90. The molecular formula is C21H27ClN4O. The molecule has 1 saturated heterocycles. The highest BCUT2D eigenvalue weighted by Gasteiger charge is 2.45. The van der Waals surface area contributed by atoms with Gasteiger partial charge in [-0.05, 0) is 55.4 Å². The van der Waals surface area contributed by atoms with Gasteiger partial charge >= 0.3 is 0 Å². The van der Waals surface area contributed by atoms with Crippen LogP contribution in [0, 0.1) is 5.41 Å². The summed E-state index contributed by atoms with van der Waals surface area (Å²) in [4.78, 5) is 15.2. The number of halogens is 1. The first-order chi connectivity index (χ1) is 13.1. The van der Waals surface area contributed by atoms with Crippen LogP contribution >= 0.6 is 11.6 Å². The summed E-state index contributed by atoms with van der Waals surface area (Å²) in [6.45, 7) is 2.02. The number of fused-ring (bicyclic) bond motifs is 1. The minimum absolute atomic E-state index is 0.196. The third-order valence-electron chi connectivity index (χ3n) is 5.96. The molecule has 1 aromatic heterocycles. The Morgan fingerprint density at radius 3 is 2.63 bits per heavy atom.